The number of alkyl halides is 1. The summed E-state index contributed by atoms with van der Waals surface area (Å²) >= 11 is 5.35. The maximum atomic E-state index is 10.3. The first-order valence-corrected chi connectivity index (χ1v) is 3.98. The van der Waals surface area contributed by atoms with Gasteiger partial charge in [-0.3, -0.25) is 4.57 Å². The Kier molecular flexibility index (Phi) is 2.32. The molecule has 2 atom stereocenters. The maximum absolute atomic E-state index is 10.3. The molecule has 0 aliphatic carbocycles. The second-order valence-corrected chi connectivity index (χ2v) is 2.79. The maximum Gasteiger partial charge on any atom is 0.319 e. The predicted octanol–water partition coefficient (Wildman–Crippen LogP) is 1.03. The standard InChI is InChI=1S/C3H6ClO3P/c4-1-3-2-6-8(5)7-3/h3,8H,1-2H2. The Morgan fingerprint density at radius 1 is 1.88 bits per heavy atom. The summed E-state index contributed by atoms with van der Waals surface area (Å²) in [5.74, 6) is 0.358. The van der Waals surface area contributed by atoms with E-state index in [1.54, 1.807) is 0 Å². The predicted molar refractivity (Wildman–Crippen MR) is 30.5 cm³/mol. The van der Waals surface area contributed by atoms with Gasteiger partial charge in [0.25, 0.3) is 0 Å². The van der Waals surface area contributed by atoms with Gasteiger partial charge in [-0.1, -0.05) is 0 Å². The Morgan fingerprint density at radius 3 is 2.88 bits per heavy atom. The Hall–Kier alpha value is 0.440. The van der Waals surface area contributed by atoms with Crippen molar-refractivity contribution in [2.45, 2.75) is 6.10 Å². The molecule has 1 aliphatic heterocycles. The van der Waals surface area contributed by atoms with E-state index >= 15 is 0 Å². The molecule has 0 N–H and O–H groups in total. The van der Waals surface area contributed by atoms with Crippen molar-refractivity contribution in [3.05, 3.63) is 0 Å². The number of hydrogen-bond donors (Lipinski definition) is 0. The molecule has 1 rings (SSSR count). The number of hydrogen-bond acceptors (Lipinski definition) is 3. The van der Waals surface area contributed by atoms with Gasteiger partial charge in [0.2, 0.25) is 0 Å². The lowest BCUT2D eigenvalue weighted by Gasteiger charge is -1.95. The summed E-state index contributed by atoms with van der Waals surface area (Å²) in [7, 11) is -2.15. The molecule has 2 unspecified atom stereocenters. The van der Waals surface area contributed by atoms with Gasteiger partial charge in [0, 0.05) is 0 Å². The fourth-order valence-corrected chi connectivity index (χ4v) is 1.51. The van der Waals surface area contributed by atoms with Crippen LogP contribution >= 0.6 is 19.9 Å². The topological polar surface area (TPSA) is 35.5 Å². The van der Waals surface area contributed by atoms with Gasteiger partial charge in [0.05, 0.1) is 12.5 Å². The van der Waals surface area contributed by atoms with Crippen LogP contribution in [0.3, 0.4) is 0 Å². The molecule has 0 spiro atoms. The first-order chi connectivity index (χ1) is 3.83. The van der Waals surface area contributed by atoms with Gasteiger partial charge in [-0.15, -0.1) is 11.6 Å². The molecule has 5 heteroatoms. The highest BCUT2D eigenvalue weighted by molar-refractivity contribution is 7.33. The molecule has 1 heterocycles. The van der Waals surface area contributed by atoms with Crippen LogP contribution in [0.2, 0.25) is 0 Å². The minimum Gasteiger partial charge on any atom is -0.308 e. The summed E-state index contributed by atoms with van der Waals surface area (Å²) in [6, 6.07) is 0. The minimum atomic E-state index is -2.15. The Morgan fingerprint density at radius 2 is 2.62 bits per heavy atom. The van der Waals surface area contributed by atoms with E-state index in [1.807, 2.05) is 0 Å². The van der Waals surface area contributed by atoms with Gasteiger partial charge in [-0.2, -0.15) is 0 Å². The van der Waals surface area contributed by atoms with E-state index in [0.717, 1.165) is 0 Å². The zero-order valence-corrected chi connectivity index (χ0v) is 5.85. The smallest absolute Gasteiger partial charge is 0.308 e. The first kappa shape index (κ1) is 6.56. The summed E-state index contributed by atoms with van der Waals surface area (Å²) in [5, 5.41) is 0. The van der Waals surface area contributed by atoms with Crippen LogP contribution in [-0.2, 0) is 13.6 Å². The van der Waals surface area contributed by atoms with Crippen molar-refractivity contribution in [3.8, 4) is 0 Å². The molecule has 0 amide bonds. The average Bonchev–Trinajstić information content (AvgIpc) is 2.14. The first-order valence-electron chi connectivity index (χ1n) is 2.22. The lowest BCUT2D eigenvalue weighted by atomic mass is 10.5. The van der Waals surface area contributed by atoms with Gasteiger partial charge in [0.15, 0.2) is 0 Å². The van der Waals surface area contributed by atoms with E-state index in [0.29, 0.717) is 12.5 Å². The molecule has 3 nitrogen and oxygen atoms in total. The molecule has 0 aromatic heterocycles. The summed E-state index contributed by atoms with van der Waals surface area (Å²) in [6.45, 7) is 0.376. The van der Waals surface area contributed by atoms with E-state index in [2.05, 4.69) is 4.52 Å². The lowest BCUT2D eigenvalue weighted by molar-refractivity contribution is 0.263. The van der Waals surface area contributed by atoms with Crippen LogP contribution in [0.5, 0.6) is 0 Å². The highest BCUT2D eigenvalue weighted by Gasteiger charge is 2.20. The summed E-state index contributed by atoms with van der Waals surface area (Å²) in [5.41, 5.74) is 0. The van der Waals surface area contributed by atoms with Gasteiger partial charge < -0.3 is 9.05 Å². The fraction of sp³-hybridized carbons (Fsp3) is 1.00. The van der Waals surface area contributed by atoms with Crippen LogP contribution in [0.4, 0.5) is 0 Å². The van der Waals surface area contributed by atoms with Gasteiger partial charge >= 0.3 is 8.25 Å². The quantitative estimate of drug-likeness (QED) is 0.420. The Labute approximate surface area is 52.9 Å². The van der Waals surface area contributed by atoms with Crippen LogP contribution in [-0.4, -0.2) is 18.6 Å². The van der Waals surface area contributed by atoms with Crippen molar-refractivity contribution < 1.29 is 13.6 Å². The summed E-state index contributed by atoms with van der Waals surface area (Å²) < 4.78 is 19.6. The van der Waals surface area contributed by atoms with E-state index in [4.69, 9.17) is 16.1 Å². The lowest BCUT2D eigenvalue weighted by Crippen LogP contribution is -2.09. The highest BCUT2D eigenvalue weighted by atomic mass is 35.5. The molecule has 0 radical (unpaired) electrons. The molecule has 0 aromatic rings. The molecule has 1 fully saturated rings. The third-order valence-electron chi connectivity index (χ3n) is 0.822. The largest absolute Gasteiger partial charge is 0.319 e. The highest BCUT2D eigenvalue weighted by Crippen LogP contribution is 2.33. The van der Waals surface area contributed by atoms with Crippen molar-refractivity contribution >= 4 is 19.9 Å². The van der Waals surface area contributed by atoms with Crippen LogP contribution in [0.1, 0.15) is 0 Å². The molecule has 1 saturated heterocycles. The van der Waals surface area contributed by atoms with Gasteiger partial charge in [-0.25, -0.2) is 0 Å². The van der Waals surface area contributed by atoms with Gasteiger partial charge in [0.1, 0.15) is 6.10 Å². The van der Waals surface area contributed by atoms with Crippen molar-refractivity contribution in [2.75, 3.05) is 12.5 Å². The number of halogens is 1. The normalized spacial score (nSPS) is 38.1. The SMILES string of the molecule is O=[PH]1OCC(CCl)O1. The van der Waals surface area contributed by atoms with Crippen LogP contribution < -0.4 is 0 Å². The average molecular weight is 157 g/mol. The zero-order chi connectivity index (χ0) is 5.98. The van der Waals surface area contributed by atoms with Crippen LogP contribution in [0.15, 0.2) is 0 Å². The molecule has 0 aromatic carbocycles. The molecule has 0 saturated carbocycles. The van der Waals surface area contributed by atoms with E-state index < -0.39 is 8.25 Å². The minimum absolute atomic E-state index is 0.150. The molecule has 0 bridgehead atoms. The van der Waals surface area contributed by atoms with Crippen molar-refractivity contribution in [2.24, 2.45) is 0 Å². The number of rotatable bonds is 1. The molecule has 8 heavy (non-hydrogen) atoms. The second-order valence-electron chi connectivity index (χ2n) is 1.46. The molecule has 1 aliphatic rings. The summed E-state index contributed by atoms with van der Waals surface area (Å²) in [6.07, 6.45) is -0.150. The molecular formula is C3H6ClO3P. The monoisotopic (exact) mass is 156 g/mol. The van der Waals surface area contributed by atoms with E-state index in [1.165, 1.54) is 0 Å². The third-order valence-corrected chi connectivity index (χ3v) is 2.09. The van der Waals surface area contributed by atoms with Crippen LogP contribution in [0.25, 0.3) is 0 Å². The third kappa shape index (κ3) is 1.46. The zero-order valence-electron chi connectivity index (χ0n) is 4.09. The fourth-order valence-electron chi connectivity index (χ4n) is 0.441. The second kappa shape index (κ2) is 2.83. The van der Waals surface area contributed by atoms with Crippen molar-refractivity contribution in [1.82, 2.24) is 0 Å². The van der Waals surface area contributed by atoms with Gasteiger partial charge in [-0.05, 0) is 0 Å². The van der Waals surface area contributed by atoms with Crippen molar-refractivity contribution in [3.63, 3.8) is 0 Å². The van der Waals surface area contributed by atoms with E-state index in [9.17, 15) is 4.57 Å². The van der Waals surface area contributed by atoms with Crippen LogP contribution in [0, 0.1) is 0 Å². The van der Waals surface area contributed by atoms with E-state index in [-0.39, 0.29) is 6.10 Å². The molecular weight excluding hydrogens is 150 g/mol. The van der Waals surface area contributed by atoms with Crippen molar-refractivity contribution in [1.29, 1.82) is 0 Å². The Balaban J connectivity index is 2.32. The summed E-state index contributed by atoms with van der Waals surface area (Å²) in [4.78, 5) is 0. The molecule has 48 valence electrons. The Bertz CT molecular complexity index is 107.